The van der Waals surface area contributed by atoms with E-state index in [2.05, 4.69) is 0 Å². The summed E-state index contributed by atoms with van der Waals surface area (Å²) in [5, 5.41) is 7.05. The molecule has 0 unspecified atom stereocenters. The fourth-order valence-corrected chi connectivity index (χ4v) is 2.45. The number of nitrogens with two attached hydrogens (primary N) is 1. The molecule has 0 saturated carbocycles. The van der Waals surface area contributed by atoms with Crippen molar-refractivity contribution >= 4 is 27.0 Å². The fraction of sp³-hybridized carbons (Fsp3) is 0.167. The molecule has 0 aliphatic carbocycles. The molecule has 4 nitrogen and oxygen atoms in total. The number of hydrogen-bond donors (Lipinski definition) is 2. The van der Waals surface area contributed by atoms with Crippen LogP contribution in [0.4, 0.5) is 0 Å². The molecular formula is C6H8N2O2S2. The van der Waals surface area contributed by atoms with Crippen LogP contribution in [0.1, 0.15) is 4.88 Å². The summed E-state index contributed by atoms with van der Waals surface area (Å²) in [7, 11) is -3.15. The van der Waals surface area contributed by atoms with E-state index in [0.29, 0.717) is 4.88 Å². The molecule has 0 saturated heterocycles. The Morgan fingerprint density at radius 3 is 2.42 bits per heavy atom. The highest BCUT2D eigenvalue weighted by Crippen LogP contribution is 2.20. The highest BCUT2D eigenvalue weighted by Gasteiger charge is 2.11. The van der Waals surface area contributed by atoms with Gasteiger partial charge in [-0.3, -0.25) is 5.41 Å². The number of nitrogens with one attached hydrogen (secondary N) is 1. The van der Waals surface area contributed by atoms with Crippen molar-refractivity contribution in [2.24, 2.45) is 5.73 Å². The predicted octanol–water partition coefficient (Wildman–Crippen LogP) is 0.436. The first-order valence-corrected chi connectivity index (χ1v) is 5.76. The van der Waals surface area contributed by atoms with Crippen LogP contribution in [-0.2, 0) is 9.84 Å². The van der Waals surface area contributed by atoms with Crippen LogP contribution < -0.4 is 5.73 Å². The summed E-state index contributed by atoms with van der Waals surface area (Å²) >= 11 is 1.01. The Hall–Kier alpha value is -0.880. The van der Waals surface area contributed by atoms with Crippen molar-refractivity contribution in [2.45, 2.75) is 4.21 Å². The smallest absolute Gasteiger partial charge is 0.184 e. The molecule has 0 aliphatic heterocycles. The van der Waals surface area contributed by atoms with Gasteiger partial charge in [-0.2, -0.15) is 0 Å². The Balaban J connectivity index is 3.17. The minimum atomic E-state index is -3.15. The van der Waals surface area contributed by atoms with Crippen molar-refractivity contribution in [2.75, 3.05) is 6.26 Å². The molecule has 0 amide bonds. The minimum Gasteiger partial charge on any atom is -0.383 e. The van der Waals surface area contributed by atoms with E-state index in [9.17, 15) is 8.42 Å². The second-order valence-electron chi connectivity index (χ2n) is 2.30. The molecule has 0 aliphatic rings. The third-order valence-electron chi connectivity index (χ3n) is 1.21. The van der Waals surface area contributed by atoms with Crippen LogP contribution in [0, 0.1) is 5.41 Å². The zero-order valence-corrected chi connectivity index (χ0v) is 8.00. The third-order valence-corrected chi connectivity index (χ3v) is 4.15. The molecule has 6 heteroatoms. The Kier molecular flexibility index (Phi) is 2.20. The summed E-state index contributed by atoms with van der Waals surface area (Å²) in [5.41, 5.74) is 5.17. The number of nitrogen functional groups attached to an aromatic ring is 1. The van der Waals surface area contributed by atoms with Crippen LogP contribution in [0.2, 0.25) is 0 Å². The quantitative estimate of drug-likeness (QED) is 0.541. The highest BCUT2D eigenvalue weighted by molar-refractivity contribution is 7.92. The first kappa shape index (κ1) is 9.21. The zero-order chi connectivity index (χ0) is 9.35. The molecule has 1 aromatic heterocycles. The number of rotatable bonds is 2. The van der Waals surface area contributed by atoms with Crippen LogP contribution in [0.15, 0.2) is 16.3 Å². The van der Waals surface area contributed by atoms with Crippen LogP contribution in [0.5, 0.6) is 0 Å². The second-order valence-corrected chi connectivity index (χ2v) is 5.63. The van der Waals surface area contributed by atoms with Gasteiger partial charge in [-0.1, -0.05) is 0 Å². The number of thiophene rings is 1. The predicted molar refractivity (Wildman–Crippen MR) is 48.4 cm³/mol. The lowest BCUT2D eigenvalue weighted by Crippen LogP contribution is -2.08. The van der Waals surface area contributed by atoms with E-state index in [1.54, 1.807) is 0 Å². The van der Waals surface area contributed by atoms with Gasteiger partial charge in [0.05, 0.1) is 4.88 Å². The molecule has 1 heterocycles. The van der Waals surface area contributed by atoms with Crippen molar-refractivity contribution in [3.8, 4) is 0 Å². The van der Waals surface area contributed by atoms with Crippen molar-refractivity contribution in [3.05, 3.63) is 17.0 Å². The summed E-state index contributed by atoms with van der Waals surface area (Å²) in [5.74, 6) is -0.102. The lowest BCUT2D eigenvalue weighted by Gasteiger charge is -1.89. The first-order valence-electron chi connectivity index (χ1n) is 3.05. The van der Waals surface area contributed by atoms with Crippen molar-refractivity contribution in [1.82, 2.24) is 0 Å². The summed E-state index contributed by atoms with van der Waals surface area (Å²) < 4.78 is 22.2. The van der Waals surface area contributed by atoms with Crippen molar-refractivity contribution < 1.29 is 8.42 Å². The Bertz CT molecular complexity index is 405. The van der Waals surface area contributed by atoms with Gasteiger partial charge in [-0.15, -0.1) is 11.3 Å². The third kappa shape index (κ3) is 1.83. The van der Waals surface area contributed by atoms with Gasteiger partial charge in [0, 0.05) is 6.26 Å². The van der Waals surface area contributed by atoms with Crippen LogP contribution in [0.25, 0.3) is 0 Å². The Morgan fingerprint density at radius 2 is 2.17 bits per heavy atom. The standard InChI is InChI=1S/C6H8N2O2S2/c1-12(9,10)5-3-2-4(11-5)6(7)8/h2-3H,1H3,(H3,7,8). The molecule has 0 bridgehead atoms. The number of amidine groups is 1. The maximum Gasteiger partial charge on any atom is 0.184 e. The molecule has 0 atom stereocenters. The van der Waals surface area contributed by atoms with Gasteiger partial charge in [0.25, 0.3) is 0 Å². The van der Waals surface area contributed by atoms with E-state index >= 15 is 0 Å². The molecule has 0 aromatic carbocycles. The molecule has 0 fully saturated rings. The summed E-state index contributed by atoms with van der Waals surface area (Å²) in [6, 6.07) is 2.99. The summed E-state index contributed by atoms with van der Waals surface area (Å²) in [6.07, 6.45) is 1.13. The molecule has 0 radical (unpaired) electrons. The van der Waals surface area contributed by atoms with Gasteiger partial charge in [0.2, 0.25) is 0 Å². The Morgan fingerprint density at radius 1 is 1.58 bits per heavy atom. The largest absolute Gasteiger partial charge is 0.383 e. The van der Waals surface area contributed by atoms with Gasteiger partial charge in [0.15, 0.2) is 9.84 Å². The summed E-state index contributed by atoms with van der Waals surface area (Å²) in [6.45, 7) is 0. The average Bonchev–Trinajstić information content (AvgIpc) is 2.30. The van der Waals surface area contributed by atoms with E-state index in [4.69, 9.17) is 11.1 Å². The molecule has 1 aromatic rings. The van der Waals surface area contributed by atoms with Gasteiger partial charge < -0.3 is 5.73 Å². The maximum atomic E-state index is 11.0. The van der Waals surface area contributed by atoms with E-state index in [-0.39, 0.29) is 10.0 Å². The minimum absolute atomic E-state index is 0.102. The van der Waals surface area contributed by atoms with Gasteiger partial charge >= 0.3 is 0 Å². The van der Waals surface area contributed by atoms with Gasteiger partial charge in [-0.05, 0) is 12.1 Å². The van der Waals surface area contributed by atoms with E-state index in [0.717, 1.165) is 17.6 Å². The molecular weight excluding hydrogens is 196 g/mol. The fourth-order valence-electron chi connectivity index (χ4n) is 0.664. The monoisotopic (exact) mass is 204 g/mol. The van der Waals surface area contributed by atoms with E-state index < -0.39 is 9.84 Å². The Labute approximate surface area is 74.5 Å². The SMILES string of the molecule is CS(=O)(=O)c1ccc(C(=N)N)s1. The van der Waals surface area contributed by atoms with Crippen LogP contribution >= 0.6 is 11.3 Å². The van der Waals surface area contributed by atoms with Crippen molar-refractivity contribution in [3.63, 3.8) is 0 Å². The lowest BCUT2D eigenvalue weighted by atomic mass is 10.4. The first-order chi connectivity index (χ1) is 5.41. The van der Waals surface area contributed by atoms with Crippen molar-refractivity contribution in [1.29, 1.82) is 5.41 Å². The molecule has 3 N–H and O–H groups in total. The highest BCUT2D eigenvalue weighted by atomic mass is 32.2. The van der Waals surface area contributed by atoms with Crippen LogP contribution in [0.3, 0.4) is 0 Å². The maximum absolute atomic E-state index is 11.0. The number of hydrogen-bond acceptors (Lipinski definition) is 4. The molecule has 0 spiro atoms. The lowest BCUT2D eigenvalue weighted by molar-refractivity contribution is 0.604. The number of sulfone groups is 1. The second kappa shape index (κ2) is 2.87. The van der Waals surface area contributed by atoms with E-state index in [1.165, 1.54) is 12.1 Å². The van der Waals surface area contributed by atoms with Gasteiger partial charge in [-0.25, -0.2) is 8.42 Å². The average molecular weight is 204 g/mol. The zero-order valence-electron chi connectivity index (χ0n) is 6.37. The molecule has 1 rings (SSSR count). The molecule has 66 valence electrons. The topological polar surface area (TPSA) is 84.0 Å². The molecule has 12 heavy (non-hydrogen) atoms. The van der Waals surface area contributed by atoms with Gasteiger partial charge in [0.1, 0.15) is 10.0 Å². The van der Waals surface area contributed by atoms with E-state index in [1.807, 2.05) is 0 Å². The normalized spacial score (nSPS) is 11.4. The van der Waals surface area contributed by atoms with Crippen LogP contribution in [-0.4, -0.2) is 20.5 Å². The summed E-state index contributed by atoms with van der Waals surface area (Å²) in [4.78, 5) is 0.482.